The van der Waals surface area contributed by atoms with E-state index in [1.807, 2.05) is 21.1 Å². The van der Waals surface area contributed by atoms with Crippen LogP contribution in [0.15, 0.2) is 0 Å². The third-order valence-corrected chi connectivity index (χ3v) is 3.62. The fourth-order valence-corrected chi connectivity index (χ4v) is 2.40. The van der Waals surface area contributed by atoms with Crippen LogP contribution in [0.25, 0.3) is 0 Å². The average Bonchev–Trinajstić information content (AvgIpc) is 2.34. The normalized spacial score (nSPS) is 12.2. The van der Waals surface area contributed by atoms with Crippen molar-refractivity contribution in [2.45, 2.75) is 77.2 Å². The summed E-state index contributed by atoms with van der Waals surface area (Å²) in [6.45, 7) is 2.75. The Morgan fingerprint density at radius 3 is 1.73 bits per heavy atom. The van der Waals surface area contributed by atoms with E-state index in [-0.39, 0.29) is 23.7 Å². The van der Waals surface area contributed by atoms with Crippen molar-refractivity contribution >= 4 is 5.78 Å². The molecule has 4 nitrogen and oxygen atoms in total. The second-order valence-corrected chi connectivity index (χ2v) is 7.03. The quantitative estimate of drug-likeness (QED) is 0.370. The maximum Gasteiger partial charge on any atom is 0.167 e. The van der Waals surface area contributed by atoms with E-state index in [1.54, 1.807) is 0 Å². The minimum atomic E-state index is -0.788. The molecule has 1 atom stereocenters. The number of Topliss-reactive ketones (excluding diaryl/α,β-unsaturated/α-hetero) is 1. The number of carbonyl (C=O) groups is 1. The molecule has 0 saturated heterocycles. The number of aliphatic hydroxyl groups is 1. The molecule has 1 unspecified atom stereocenters. The molecule has 5 heteroatoms. The molecule has 0 aromatic carbocycles. The van der Waals surface area contributed by atoms with E-state index in [0.29, 0.717) is 17.4 Å². The summed E-state index contributed by atoms with van der Waals surface area (Å²) < 4.78 is 0.630. The van der Waals surface area contributed by atoms with Crippen LogP contribution in [0.5, 0.6) is 0 Å². The fourth-order valence-electron chi connectivity index (χ4n) is 2.40. The molecule has 0 fully saturated rings. The molecular weight excluding hydrogens is 302 g/mol. The van der Waals surface area contributed by atoms with Crippen molar-refractivity contribution in [1.82, 2.24) is 0 Å². The summed E-state index contributed by atoms with van der Waals surface area (Å²) in [6.07, 6.45) is 11.0. The molecule has 0 radical (unpaired) electrons. The summed E-state index contributed by atoms with van der Waals surface area (Å²) >= 11 is 0. The van der Waals surface area contributed by atoms with Gasteiger partial charge in [-0.2, -0.15) is 0 Å². The highest BCUT2D eigenvalue weighted by Crippen LogP contribution is 2.11. The van der Waals surface area contributed by atoms with Crippen molar-refractivity contribution < 1.29 is 32.3 Å². The van der Waals surface area contributed by atoms with Crippen LogP contribution in [-0.2, 0) is 4.79 Å². The van der Waals surface area contributed by atoms with Gasteiger partial charge in [0.25, 0.3) is 0 Å². The minimum Gasteiger partial charge on any atom is -1.00 e. The van der Waals surface area contributed by atoms with Crippen LogP contribution in [0.2, 0.25) is 0 Å². The van der Waals surface area contributed by atoms with E-state index in [1.165, 1.54) is 44.9 Å². The first-order chi connectivity index (χ1) is 9.37. The number of halogens is 1. The van der Waals surface area contributed by atoms with E-state index >= 15 is 0 Å². The van der Waals surface area contributed by atoms with E-state index < -0.39 is 6.10 Å². The highest BCUT2D eigenvalue weighted by Gasteiger charge is 2.21. The van der Waals surface area contributed by atoms with Gasteiger partial charge in [-0.1, -0.05) is 58.3 Å². The summed E-state index contributed by atoms with van der Waals surface area (Å²) in [5.41, 5.74) is 0. The number of quaternary nitrogens is 1. The lowest BCUT2D eigenvalue weighted by Crippen LogP contribution is -3.00. The van der Waals surface area contributed by atoms with Gasteiger partial charge >= 0.3 is 0 Å². The van der Waals surface area contributed by atoms with Crippen molar-refractivity contribution in [1.29, 1.82) is 0 Å². The van der Waals surface area contributed by atoms with Gasteiger partial charge in [0.05, 0.1) is 21.1 Å². The van der Waals surface area contributed by atoms with Crippen molar-refractivity contribution in [3.8, 4) is 0 Å². The van der Waals surface area contributed by atoms with Gasteiger partial charge in [-0.05, 0) is 6.42 Å². The maximum absolute atomic E-state index is 11.8. The van der Waals surface area contributed by atoms with Crippen molar-refractivity contribution in [2.24, 2.45) is 0 Å². The molecule has 0 bridgehead atoms. The Morgan fingerprint density at radius 1 is 0.909 bits per heavy atom. The van der Waals surface area contributed by atoms with Gasteiger partial charge in [0.1, 0.15) is 6.54 Å². The number of aliphatic hydroxyl groups excluding tert-OH is 1. The monoisotopic (exact) mass is 339 g/mol. The minimum absolute atomic E-state index is 0. The molecule has 0 saturated carbocycles. The Morgan fingerprint density at radius 2 is 1.32 bits per heavy atom. The van der Waals surface area contributed by atoms with Gasteiger partial charge in [-0.15, -0.1) is 0 Å². The third-order valence-electron chi connectivity index (χ3n) is 3.62. The first-order valence-corrected chi connectivity index (χ1v) is 8.38. The zero-order chi connectivity index (χ0) is 15.4. The van der Waals surface area contributed by atoms with E-state index in [4.69, 9.17) is 0 Å². The maximum atomic E-state index is 11.8. The molecule has 0 aliphatic heterocycles. The number of rotatable bonds is 13. The topological polar surface area (TPSA) is 68.8 Å². The molecule has 22 heavy (non-hydrogen) atoms. The first kappa shape index (κ1) is 26.7. The van der Waals surface area contributed by atoms with Crippen molar-refractivity contribution in [3.63, 3.8) is 0 Å². The molecule has 0 spiro atoms. The molecular formula is C17H38ClNO3. The molecule has 3 N–H and O–H groups in total. The summed E-state index contributed by atoms with van der Waals surface area (Å²) in [5, 5.41) is 9.81. The van der Waals surface area contributed by atoms with E-state index in [0.717, 1.165) is 12.8 Å². The van der Waals surface area contributed by atoms with Gasteiger partial charge in [-0.25, -0.2) is 0 Å². The van der Waals surface area contributed by atoms with Crippen LogP contribution >= 0.6 is 0 Å². The molecule has 0 heterocycles. The van der Waals surface area contributed by atoms with Gasteiger partial charge < -0.3 is 27.5 Å². The average molecular weight is 340 g/mol. The van der Waals surface area contributed by atoms with Gasteiger partial charge in [0.15, 0.2) is 11.9 Å². The Balaban J connectivity index is -0.00000180. The number of unbranched alkanes of at least 4 members (excludes halogenated alkanes) is 8. The first-order valence-electron chi connectivity index (χ1n) is 8.38. The fraction of sp³-hybridized carbons (Fsp3) is 0.941. The Labute approximate surface area is 143 Å². The summed E-state index contributed by atoms with van der Waals surface area (Å²) in [4.78, 5) is 11.8. The summed E-state index contributed by atoms with van der Waals surface area (Å²) in [5.74, 6) is 0.0148. The third kappa shape index (κ3) is 17.9. The van der Waals surface area contributed by atoms with Crippen LogP contribution in [0.4, 0.5) is 0 Å². The van der Waals surface area contributed by atoms with Crippen molar-refractivity contribution in [2.75, 3.05) is 27.7 Å². The Kier molecular flexibility index (Phi) is 19.1. The van der Waals surface area contributed by atoms with Crippen molar-refractivity contribution in [3.05, 3.63) is 0 Å². The van der Waals surface area contributed by atoms with Crippen LogP contribution in [0, 0.1) is 0 Å². The zero-order valence-electron chi connectivity index (χ0n) is 15.0. The van der Waals surface area contributed by atoms with Gasteiger partial charge in [0, 0.05) is 6.42 Å². The second-order valence-electron chi connectivity index (χ2n) is 7.03. The number of hydrogen-bond donors (Lipinski definition) is 1. The largest absolute Gasteiger partial charge is 1.00 e. The molecule has 0 rings (SSSR count). The van der Waals surface area contributed by atoms with Crippen LogP contribution < -0.4 is 12.4 Å². The summed E-state index contributed by atoms with van der Waals surface area (Å²) in [7, 11) is 5.99. The highest BCUT2D eigenvalue weighted by molar-refractivity contribution is 5.82. The molecule has 0 aromatic heterocycles. The molecule has 0 amide bonds. The molecule has 0 aliphatic rings. The number of ketones is 1. The van der Waals surface area contributed by atoms with E-state index in [2.05, 4.69) is 6.92 Å². The lowest BCUT2D eigenvalue weighted by Gasteiger charge is -2.26. The number of hydrogen-bond acceptors (Lipinski definition) is 2. The second kappa shape index (κ2) is 15.7. The highest BCUT2D eigenvalue weighted by atomic mass is 35.5. The number of carbonyl (C=O) groups excluding carboxylic acids is 1. The van der Waals surface area contributed by atoms with Crippen LogP contribution in [0.3, 0.4) is 0 Å². The zero-order valence-corrected chi connectivity index (χ0v) is 15.8. The summed E-state index contributed by atoms with van der Waals surface area (Å²) in [6, 6.07) is 0. The molecule has 136 valence electrons. The van der Waals surface area contributed by atoms with Crippen LogP contribution in [-0.4, -0.2) is 54.6 Å². The predicted molar refractivity (Wildman–Crippen MR) is 89.4 cm³/mol. The standard InChI is InChI=1S/C17H36NO2.ClH.H2O/c1-5-6-7-8-9-10-11-12-13-14-16(19)17(20)15-18(2,3)4;;/h17,20H,5-15H2,1-4H3;1H;1H2/q+1;;/p-1. The SMILES string of the molecule is CCCCCCCCCCCC(=O)C(O)C[N+](C)(C)C.O.[Cl-]. The Hall–Kier alpha value is -0.160. The lowest BCUT2D eigenvalue weighted by atomic mass is 10.0. The van der Waals surface area contributed by atoms with Gasteiger partial charge in [-0.3, -0.25) is 4.79 Å². The Bertz CT molecular complexity index is 255. The lowest BCUT2D eigenvalue weighted by molar-refractivity contribution is -0.872. The molecule has 0 aliphatic carbocycles. The predicted octanol–water partition coefficient (Wildman–Crippen LogP) is -0.277. The number of likely N-dealkylation sites (N-methyl/N-ethyl adjacent to an activating group) is 1. The van der Waals surface area contributed by atoms with Gasteiger partial charge in [0.2, 0.25) is 0 Å². The number of nitrogens with zero attached hydrogens (tertiary/aromatic N) is 1. The smallest absolute Gasteiger partial charge is 0.167 e. The van der Waals surface area contributed by atoms with E-state index in [9.17, 15) is 9.90 Å². The van der Waals surface area contributed by atoms with Crippen LogP contribution in [0.1, 0.15) is 71.1 Å². The molecule has 0 aromatic rings.